The summed E-state index contributed by atoms with van der Waals surface area (Å²) in [6.07, 6.45) is 2.06. The first-order valence-corrected chi connectivity index (χ1v) is 6.84. The van der Waals surface area contributed by atoms with E-state index in [4.69, 9.17) is 23.2 Å². The van der Waals surface area contributed by atoms with Gasteiger partial charge in [-0.1, -0.05) is 23.2 Å². The molecule has 2 rings (SSSR count). The highest BCUT2D eigenvalue weighted by atomic mass is 35.5. The Morgan fingerprint density at radius 1 is 1.33 bits per heavy atom. The Kier molecular flexibility index (Phi) is 4.36. The van der Waals surface area contributed by atoms with Crippen molar-refractivity contribution in [2.24, 2.45) is 0 Å². The van der Waals surface area contributed by atoms with E-state index < -0.39 is 5.82 Å². The highest BCUT2D eigenvalue weighted by molar-refractivity contribution is 6.39. The van der Waals surface area contributed by atoms with Gasteiger partial charge < -0.3 is 10.2 Å². The zero-order valence-electron chi connectivity index (χ0n) is 10.5. The molecule has 0 spiro atoms. The van der Waals surface area contributed by atoms with Crippen LogP contribution in [0.25, 0.3) is 0 Å². The number of halogens is 3. The van der Waals surface area contributed by atoms with Gasteiger partial charge in [0.1, 0.15) is 5.82 Å². The van der Waals surface area contributed by atoms with Crippen LogP contribution >= 0.6 is 23.2 Å². The van der Waals surface area contributed by atoms with Crippen molar-refractivity contribution in [3.8, 4) is 0 Å². The van der Waals surface area contributed by atoms with Gasteiger partial charge in [-0.15, -0.1) is 0 Å². The molecular weight excluding hydrogens is 274 g/mol. The van der Waals surface area contributed by atoms with E-state index in [1.165, 1.54) is 12.1 Å². The molecule has 1 aromatic rings. The van der Waals surface area contributed by atoms with Crippen molar-refractivity contribution in [2.75, 3.05) is 18.9 Å². The van der Waals surface area contributed by atoms with Gasteiger partial charge in [0.05, 0.1) is 15.7 Å². The van der Waals surface area contributed by atoms with Gasteiger partial charge in [0.25, 0.3) is 0 Å². The molecule has 1 aliphatic heterocycles. The predicted molar refractivity (Wildman–Crippen MR) is 75.2 cm³/mol. The summed E-state index contributed by atoms with van der Waals surface area (Å²) < 4.78 is 13.1. The minimum absolute atomic E-state index is 0.330. The van der Waals surface area contributed by atoms with E-state index in [1.807, 2.05) is 0 Å². The molecule has 5 heteroatoms. The van der Waals surface area contributed by atoms with Gasteiger partial charge >= 0.3 is 0 Å². The average Bonchev–Trinajstić information content (AvgIpc) is 2.28. The van der Waals surface area contributed by atoms with Gasteiger partial charge in [-0.05, 0) is 38.9 Å². The second-order valence-electron chi connectivity index (χ2n) is 4.94. The molecule has 18 heavy (non-hydrogen) atoms. The van der Waals surface area contributed by atoms with Crippen molar-refractivity contribution in [3.05, 3.63) is 28.0 Å². The summed E-state index contributed by atoms with van der Waals surface area (Å²) in [6, 6.07) is 3.42. The van der Waals surface area contributed by atoms with Crippen LogP contribution in [0.3, 0.4) is 0 Å². The molecule has 2 unspecified atom stereocenters. The summed E-state index contributed by atoms with van der Waals surface area (Å²) in [4.78, 5) is 2.33. The van der Waals surface area contributed by atoms with Gasteiger partial charge in [-0.3, -0.25) is 0 Å². The maximum Gasteiger partial charge on any atom is 0.126 e. The second kappa shape index (κ2) is 5.64. The number of nitrogens with one attached hydrogen (secondary N) is 1. The summed E-state index contributed by atoms with van der Waals surface area (Å²) >= 11 is 12.0. The second-order valence-corrected chi connectivity index (χ2v) is 5.75. The molecule has 2 nitrogen and oxygen atoms in total. The number of hydrogen-bond acceptors (Lipinski definition) is 2. The molecule has 0 amide bonds. The fourth-order valence-corrected chi connectivity index (χ4v) is 2.87. The van der Waals surface area contributed by atoms with Crippen molar-refractivity contribution >= 4 is 28.9 Å². The molecule has 1 heterocycles. The van der Waals surface area contributed by atoms with Crippen LogP contribution in [-0.2, 0) is 0 Å². The zero-order valence-corrected chi connectivity index (χ0v) is 12.0. The Labute approximate surface area is 117 Å². The van der Waals surface area contributed by atoms with E-state index in [9.17, 15) is 4.39 Å². The fraction of sp³-hybridized carbons (Fsp3) is 0.538. The lowest BCUT2D eigenvalue weighted by atomic mass is 9.98. The molecule has 0 aliphatic carbocycles. The smallest absolute Gasteiger partial charge is 0.126 e. The topological polar surface area (TPSA) is 15.3 Å². The molecule has 1 aromatic carbocycles. The fourth-order valence-electron chi connectivity index (χ4n) is 2.30. The summed E-state index contributed by atoms with van der Waals surface area (Å²) in [5.41, 5.74) is 0.640. The highest BCUT2D eigenvalue weighted by Crippen LogP contribution is 2.33. The van der Waals surface area contributed by atoms with Crippen LogP contribution in [0.4, 0.5) is 10.1 Å². The van der Waals surface area contributed by atoms with Crippen LogP contribution < -0.4 is 5.32 Å². The molecule has 1 saturated heterocycles. The Balaban J connectivity index is 2.10. The van der Waals surface area contributed by atoms with Crippen molar-refractivity contribution < 1.29 is 4.39 Å². The third-order valence-electron chi connectivity index (χ3n) is 3.56. The Morgan fingerprint density at radius 3 is 2.50 bits per heavy atom. The predicted octanol–water partition coefficient (Wildman–Crippen LogP) is 4.03. The summed E-state index contributed by atoms with van der Waals surface area (Å²) in [5, 5.41) is 4.02. The Morgan fingerprint density at radius 2 is 1.94 bits per heavy atom. The lowest BCUT2D eigenvalue weighted by Gasteiger charge is -2.36. The number of piperidine rings is 1. The van der Waals surface area contributed by atoms with E-state index in [2.05, 4.69) is 24.2 Å². The van der Waals surface area contributed by atoms with Gasteiger partial charge in [-0.2, -0.15) is 0 Å². The molecule has 0 bridgehead atoms. The van der Waals surface area contributed by atoms with E-state index in [0.29, 0.717) is 27.8 Å². The quantitative estimate of drug-likeness (QED) is 0.885. The maximum atomic E-state index is 13.1. The normalized spacial score (nSPS) is 25.2. The van der Waals surface area contributed by atoms with E-state index in [-0.39, 0.29) is 0 Å². The number of likely N-dealkylation sites (tertiary alicyclic amines) is 1. The van der Waals surface area contributed by atoms with Crippen molar-refractivity contribution in [1.82, 2.24) is 4.90 Å². The van der Waals surface area contributed by atoms with Gasteiger partial charge in [0, 0.05) is 18.6 Å². The number of hydrogen-bond donors (Lipinski definition) is 1. The van der Waals surface area contributed by atoms with E-state index >= 15 is 0 Å². The lowest BCUT2D eigenvalue weighted by Crippen LogP contribution is -2.42. The van der Waals surface area contributed by atoms with Crippen molar-refractivity contribution in [2.45, 2.75) is 31.8 Å². The Hall–Kier alpha value is -0.510. The average molecular weight is 291 g/mol. The number of rotatable bonds is 2. The molecule has 1 fully saturated rings. The third-order valence-corrected chi connectivity index (χ3v) is 4.16. The molecule has 0 aromatic heterocycles. The maximum absolute atomic E-state index is 13.1. The van der Waals surface area contributed by atoms with Crippen LogP contribution in [0.1, 0.15) is 19.8 Å². The highest BCUT2D eigenvalue weighted by Gasteiger charge is 2.23. The standard InChI is InChI=1S/C13H17Cl2FN2/c1-8-5-10(3-4-18(8)2)17-13-11(14)6-9(16)7-12(13)15/h6-8,10,17H,3-5H2,1-2H3. The van der Waals surface area contributed by atoms with E-state index in [0.717, 1.165) is 19.4 Å². The van der Waals surface area contributed by atoms with Gasteiger partial charge in [-0.25, -0.2) is 4.39 Å². The first-order valence-electron chi connectivity index (χ1n) is 6.08. The SMILES string of the molecule is CC1CC(Nc2c(Cl)cc(F)cc2Cl)CCN1C. The van der Waals surface area contributed by atoms with E-state index in [1.54, 1.807) is 0 Å². The molecule has 2 atom stereocenters. The minimum Gasteiger partial charge on any atom is -0.380 e. The third kappa shape index (κ3) is 3.08. The largest absolute Gasteiger partial charge is 0.380 e. The van der Waals surface area contributed by atoms with Crippen molar-refractivity contribution in [3.63, 3.8) is 0 Å². The zero-order chi connectivity index (χ0) is 13.3. The lowest BCUT2D eigenvalue weighted by molar-refractivity contribution is 0.190. The first-order chi connectivity index (χ1) is 8.47. The molecule has 100 valence electrons. The van der Waals surface area contributed by atoms with Crippen LogP contribution in [0.5, 0.6) is 0 Å². The summed E-state index contributed by atoms with van der Waals surface area (Å²) in [5.74, 6) is -0.410. The number of anilines is 1. The molecule has 1 aliphatic rings. The van der Waals surface area contributed by atoms with Crippen LogP contribution in [0.2, 0.25) is 10.0 Å². The molecule has 0 radical (unpaired) electrons. The van der Waals surface area contributed by atoms with Crippen LogP contribution in [0.15, 0.2) is 12.1 Å². The van der Waals surface area contributed by atoms with Crippen LogP contribution in [-0.4, -0.2) is 30.6 Å². The summed E-state index contributed by atoms with van der Waals surface area (Å²) in [6.45, 7) is 3.23. The number of benzene rings is 1. The van der Waals surface area contributed by atoms with Gasteiger partial charge in [0.15, 0.2) is 0 Å². The Bertz CT molecular complexity index is 416. The monoisotopic (exact) mass is 290 g/mol. The summed E-state index contributed by atoms with van der Waals surface area (Å²) in [7, 11) is 2.12. The number of nitrogens with zero attached hydrogens (tertiary/aromatic N) is 1. The minimum atomic E-state index is -0.410. The molecule has 0 saturated carbocycles. The molecular formula is C13H17Cl2FN2. The van der Waals surface area contributed by atoms with Gasteiger partial charge in [0.2, 0.25) is 0 Å². The van der Waals surface area contributed by atoms with Crippen molar-refractivity contribution in [1.29, 1.82) is 0 Å². The first kappa shape index (κ1) is 13.9. The molecule has 1 N–H and O–H groups in total. The van der Waals surface area contributed by atoms with Crippen LogP contribution in [0, 0.1) is 5.82 Å².